The van der Waals surface area contributed by atoms with E-state index in [1.54, 1.807) is 12.1 Å². The predicted octanol–water partition coefficient (Wildman–Crippen LogP) is 4.43. The number of benzene rings is 3. The Kier molecular flexibility index (Phi) is 3.93. The smallest absolute Gasteiger partial charge is 0.223 e. The van der Waals surface area contributed by atoms with Crippen LogP contribution in [-0.2, 0) is 4.74 Å². The minimum Gasteiger partial charge on any atom is -0.339 e. The summed E-state index contributed by atoms with van der Waals surface area (Å²) >= 11 is 0. The number of carbonyl (C=O) groups is 1. The molecule has 0 saturated carbocycles. The van der Waals surface area contributed by atoms with Gasteiger partial charge in [0.2, 0.25) is 11.4 Å². The highest BCUT2D eigenvalue weighted by atomic mass is 16.6. The van der Waals surface area contributed by atoms with Gasteiger partial charge >= 0.3 is 0 Å². The molecular formula is C23H16O2. The van der Waals surface area contributed by atoms with Gasteiger partial charge in [0.25, 0.3) is 0 Å². The molecule has 1 fully saturated rings. The maximum absolute atomic E-state index is 13.1. The van der Waals surface area contributed by atoms with Crippen LogP contribution in [0.1, 0.15) is 27.6 Å². The summed E-state index contributed by atoms with van der Waals surface area (Å²) in [5.74, 6) is 6.12. The van der Waals surface area contributed by atoms with Crippen molar-refractivity contribution in [2.24, 2.45) is 0 Å². The quantitative estimate of drug-likeness (QED) is 0.405. The summed E-state index contributed by atoms with van der Waals surface area (Å²) in [6.07, 6.45) is -0.336. The van der Waals surface area contributed by atoms with Crippen molar-refractivity contribution in [2.75, 3.05) is 0 Å². The molecule has 0 bridgehead atoms. The summed E-state index contributed by atoms with van der Waals surface area (Å²) in [6, 6.07) is 28.6. The first-order valence-electron chi connectivity index (χ1n) is 8.20. The first-order valence-corrected chi connectivity index (χ1v) is 8.20. The zero-order valence-electron chi connectivity index (χ0n) is 13.6. The molecule has 1 saturated heterocycles. The van der Waals surface area contributed by atoms with Crippen molar-refractivity contribution in [1.29, 1.82) is 0 Å². The third-order valence-corrected chi connectivity index (χ3v) is 4.26. The molecule has 25 heavy (non-hydrogen) atoms. The first-order chi connectivity index (χ1) is 12.3. The van der Waals surface area contributed by atoms with Gasteiger partial charge in [0.05, 0.1) is 0 Å². The Hall–Kier alpha value is -3.15. The third-order valence-electron chi connectivity index (χ3n) is 4.26. The number of ether oxygens (including phenoxy) is 1. The zero-order chi connectivity index (χ0) is 17.1. The van der Waals surface area contributed by atoms with E-state index in [9.17, 15) is 4.79 Å². The molecule has 120 valence electrons. The lowest BCUT2D eigenvalue weighted by atomic mass is 9.91. The van der Waals surface area contributed by atoms with Crippen LogP contribution in [-0.4, -0.2) is 11.4 Å². The lowest BCUT2D eigenvalue weighted by molar-refractivity contribution is 0.0916. The minimum absolute atomic E-state index is 0.0922. The fourth-order valence-electron chi connectivity index (χ4n) is 2.90. The molecule has 0 aliphatic carbocycles. The second-order valence-corrected chi connectivity index (χ2v) is 5.96. The molecule has 0 spiro atoms. The van der Waals surface area contributed by atoms with E-state index in [0.717, 1.165) is 11.1 Å². The van der Waals surface area contributed by atoms with E-state index in [1.807, 2.05) is 78.9 Å². The normalized spacial score (nSPS) is 21.0. The number of ketones is 1. The lowest BCUT2D eigenvalue weighted by Gasteiger charge is -2.05. The Morgan fingerprint density at radius 3 is 2.00 bits per heavy atom. The highest BCUT2D eigenvalue weighted by Crippen LogP contribution is 2.51. The van der Waals surface area contributed by atoms with Crippen LogP contribution in [0, 0.1) is 11.8 Å². The van der Waals surface area contributed by atoms with Gasteiger partial charge in [0, 0.05) is 11.1 Å². The van der Waals surface area contributed by atoms with E-state index in [4.69, 9.17) is 4.74 Å². The predicted molar refractivity (Wildman–Crippen MR) is 97.1 cm³/mol. The maximum atomic E-state index is 13.1. The van der Waals surface area contributed by atoms with Gasteiger partial charge in [0.1, 0.15) is 6.10 Å². The van der Waals surface area contributed by atoms with Gasteiger partial charge < -0.3 is 4.74 Å². The van der Waals surface area contributed by atoms with Crippen molar-refractivity contribution < 1.29 is 9.53 Å². The second kappa shape index (κ2) is 6.39. The fourth-order valence-corrected chi connectivity index (χ4v) is 2.90. The number of Topliss-reactive ketones (excluding diaryl/α,β-unsaturated/α-hetero) is 1. The van der Waals surface area contributed by atoms with Crippen LogP contribution in [0.25, 0.3) is 0 Å². The van der Waals surface area contributed by atoms with Crippen molar-refractivity contribution in [3.63, 3.8) is 0 Å². The summed E-state index contributed by atoms with van der Waals surface area (Å²) < 4.78 is 5.91. The maximum Gasteiger partial charge on any atom is 0.223 e. The van der Waals surface area contributed by atoms with E-state index in [-0.39, 0.29) is 11.9 Å². The van der Waals surface area contributed by atoms with Gasteiger partial charge in [-0.05, 0) is 17.7 Å². The van der Waals surface area contributed by atoms with Gasteiger partial charge in [-0.15, -0.1) is 0 Å². The Labute approximate surface area is 147 Å². The van der Waals surface area contributed by atoms with Crippen molar-refractivity contribution >= 4 is 5.78 Å². The van der Waals surface area contributed by atoms with E-state index >= 15 is 0 Å². The number of rotatable bonds is 3. The Morgan fingerprint density at radius 1 is 0.800 bits per heavy atom. The van der Waals surface area contributed by atoms with Crippen molar-refractivity contribution in [2.45, 2.75) is 11.7 Å². The first kappa shape index (κ1) is 15.4. The lowest BCUT2D eigenvalue weighted by Crippen LogP contribution is -2.24. The van der Waals surface area contributed by atoms with Crippen LogP contribution in [0.3, 0.4) is 0 Å². The Morgan fingerprint density at radius 2 is 1.36 bits per heavy atom. The van der Waals surface area contributed by atoms with E-state index in [0.29, 0.717) is 5.56 Å². The monoisotopic (exact) mass is 324 g/mol. The van der Waals surface area contributed by atoms with Gasteiger partial charge in [-0.3, -0.25) is 4.79 Å². The van der Waals surface area contributed by atoms with Gasteiger partial charge in [-0.25, -0.2) is 0 Å². The molecule has 2 atom stereocenters. The zero-order valence-corrected chi connectivity index (χ0v) is 13.6. The molecule has 0 N–H and O–H groups in total. The van der Waals surface area contributed by atoms with Gasteiger partial charge in [-0.1, -0.05) is 90.7 Å². The van der Waals surface area contributed by atoms with Crippen LogP contribution < -0.4 is 0 Å². The third kappa shape index (κ3) is 2.98. The molecule has 0 unspecified atom stereocenters. The Bertz CT molecular complexity index is 937. The molecule has 1 aliphatic heterocycles. The molecule has 4 rings (SSSR count). The molecule has 0 aromatic heterocycles. The topological polar surface area (TPSA) is 29.6 Å². The largest absolute Gasteiger partial charge is 0.339 e. The van der Waals surface area contributed by atoms with Crippen LogP contribution in [0.4, 0.5) is 0 Å². The van der Waals surface area contributed by atoms with E-state index < -0.39 is 5.60 Å². The number of carbonyl (C=O) groups excluding carboxylic acids is 1. The summed E-state index contributed by atoms with van der Waals surface area (Å²) in [5.41, 5.74) is 1.33. The van der Waals surface area contributed by atoms with Crippen LogP contribution in [0.2, 0.25) is 0 Å². The van der Waals surface area contributed by atoms with Crippen LogP contribution in [0.15, 0.2) is 91.0 Å². The molecule has 0 radical (unpaired) electrons. The van der Waals surface area contributed by atoms with Crippen molar-refractivity contribution in [3.05, 3.63) is 108 Å². The van der Waals surface area contributed by atoms with Gasteiger partial charge in [-0.2, -0.15) is 0 Å². The van der Waals surface area contributed by atoms with Crippen LogP contribution >= 0.6 is 0 Å². The molecular weight excluding hydrogens is 308 g/mol. The van der Waals surface area contributed by atoms with E-state index in [2.05, 4.69) is 11.8 Å². The molecule has 2 heteroatoms. The summed E-state index contributed by atoms with van der Waals surface area (Å²) in [7, 11) is 0. The molecule has 0 amide bonds. The number of hydrogen-bond acceptors (Lipinski definition) is 2. The second-order valence-electron chi connectivity index (χ2n) is 5.96. The van der Waals surface area contributed by atoms with E-state index in [1.165, 1.54) is 0 Å². The molecule has 1 aliphatic rings. The standard InChI is InChI=1S/C23H16O2/c24-21(19-12-6-2-7-13-19)23(17-16-18-10-4-1-5-11-18)22(25-23)20-14-8-3-9-15-20/h1-15,22H/t22-,23-/m1/s1. The summed E-state index contributed by atoms with van der Waals surface area (Å²) in [6.45, 7) is 0. The van der Waals surface area contributed by atoms with Crippen LogP contribution in [0.5, 0.6) is 0 Å². The molecule has 3 aromatic carbocycles. The van der Waals surface area contributed by atoms with Crippen molar-refractivity contribution in [1.82, 2.24) is 0 Å². The van der Waals surface area contributed by atoms with Gasteiger partial charge in [0.15, 0.2) is 0 Å². The van der Waals surface area contributed by atoms with Crippen molar-refractivity contribution in [3.8, 4) is 11.8 Å². The SMILES string of the molecule is O=C(c1ccccc1)[C@@]1(C#Cc2ccccc2)O[C@@H]1c1ccccc1. The highest BCUT2D eigenvalue weighted by Gasteiger charge is 2.62. The molecule has 3 aromatic rings. The summed E-state index contributed by atoms with van der Waals surface area (Å²) in [5, 5.41) is 0. The average Bonchev–Trinajstić information content (AvgIpc) is 3.44. The Balaban J connectivity index is 1.73. The number of hydrogen-bond donors (Lipinski definition) is 0. The fraction of sp³-hybridized carbons (Fsp3) is 0.0870. The summed E-state index contributed by atoms with van der Waals surface area (Å²) in [4.78, 5) is 13.1. The minimum atomic E-state index is -1.11. The molecule has 1 heterocycles. The highest BCUT2D eigenvalue weighted by molar-refractivity contribution is 6.07. The number of epoxide rings is 1. The molecule has 2 nitrogen and oxygen atoms in total. The average molecular weight is 324 g/mol.